The maximum Gasteiger partial charge on any atom is 0.158 e. The number of fused-ring (bicyclic) bond motifs is 1. The molecule has 0 unspecified atom stereocenters. The molecule has 1 aliphatic rings. The first-order chi connectivity index (χ1) is 12.2. The van der Waals surface area contributed by atoms with Crippen LogP contribution in [0.3, 0.4) is 0 Å². The van der Waals surface area contributed by atoms with Crippen LogP contribution in [-0.2, 0) is 18.6 Å². The van der Waals surface area contributed by atoms with Gasteiger partial charge in [-0.3, -0.25) is 0 Å². The Hall–Kier alpha value is -2.14. The number of aromatic nitrogens is 4. The third-order valence-corrected chi connectivity index (χ3v) is 5.73. The highest BCUT2D eigenvalue weighted by Crippen LogP contribution is 2.27. The zero-order chi connectivity index (χ0) is 17.2. The van der Waals surface area contributed by atoms with Crippen LogP contribution in [0.5, 0.6) is 0 Å². The number of hydrogen-bond donors (Lipinski definition) is 0. The van der Waals surface area contributed by atoms with Crippen LogP contribution in [0.4, 0.5) is 0 Å². The molecule has 1 aliphatic carbocycles. The van der Waals surface area contributed by atoms with E-state index in [4.69, 9.17) is 5.10 Å². The average molecular weight is 350 g/mol. The first-order valence-corrected chi connectivity index (χ1v) is 9.77. The molecule has 4 rings (SSSR count). The Morgan fingerprint density at radius 3 is 2.68 bits per heavy atom. The van der Waals surface area contributed by atoms with Crippen LogP contribution < -0.4 is 0 Å². The highest BCUT2D eigenvalue weighted by molar-refractivity contribution is 7.98. The Morgan fingerprint density at radius 1 is 1.04 bits per heavy atom. The van der Waals surface area contributed by atoms with Gasteiger partial charge >= 0.3 is 0 Å². The molecule has 0 saturated carbocycles. The lowest BCUT2D eigenvalue weighted by Crippen LogP contribution is -2.09. The highest BCUT2D eigenvalue weighted by Gasteiger charge is 2.20. The van der Waals surface area contributed by atoms with E-state index in [1.165, 1.54) is 35.2 Å². The van der Waals surface area contributed by atoms with E-state index in [-0.39, 0.29) is 0 Å². The highest BCUT2D eigenvalue weighted by atomic mass is 32.2. The summed E-state index contributed by atoms with van der Waals surface area (Å²) in [5.74, 6) is 1.79. The third kappa shape index (κ3) is 3.47. The van der Waals surface area contributed by atoms with Crippen LogP contribution in [0.2, 0.25) is 0 Å². The Kier molecular flexibility index (Phi) is 4.57. The van der Waals surface area contributed by atoms with Gasteiger partial charge in [0.15, 0.2) is 5.82 Å². The average Bonchev–Trinajstić information content (AvgIpc) is 2.99. The third-order valence-electron chi connectivity index (χ3n) is 4.73. The van der Waals surface area contributed by atoms with Gasteiger partial charge in [-0.2, -0.15) is 5.10 Å². The largest absolute Gasteiger partial charge is 0.230 e. The molecule has 2 heterocycles. The van der Waals surface area contributed by atoms with Crippen molar-refractivity contribution in [3.05, 3.63) is 64.7 Å². The molecule has 25 heavy (non-hydrogen) atoms. The van der Waals surface area contributed by atoms with Crippen LogP contribution in [0.25, 0.3) is 5.82 Å². The van der Waals surface area contributed by atoms with Gasteiger partial charge in [0.05, 0.1) is 5.69 Å². The predicted octanol–water partition coefficient (Wildman–Crippen LogP) is 4.45. The second kappa shape index (κ2) is 7.00. The van der Waals surface area contributed by atoms with Gasteiger partial charge in [-0.1, -0.05) is 29.8 Å². The van der Waals surface area contributed by atoms with Crippen molar-refractivity contribution in [1.29, 1.82) is 0 Å². The Labute approximate surface area is 152 Å². The summed E-state index contributed by atoms with van der Waals surface area (Å²) in [6, 6.07) is 10.7. The van der Waals surface area contributed by atoms with Gasteiger partial charge in [0.2, 0.25) is 0 Å². The summed E-state index contributed by atoms with van der Waals surface area (Å²) >= 11 is 1.74. The zero-order valence-electron chi connectivity index (χ0n) is 14.7. The SMILES string of the molecule is Cc1ccc(CSc2cc(-n3nc(C)c4c3CCCC4)ncn2)cc1. The molecule has 0 bridgehead atoms. The molecule has 0 atom stereocenters. The quantitative estimate of drug-likeness (QED) is 0.515. The molecule has 0 saturated heterocycles. The molecule has 3 aromatic rings. The standard InChI is InChI=1S/C20H22N4S/c1-14-7-9-16(10-8-14)12-25-20-11-19(21-13-22-20)24-18-6-4-3-5-17(18)15(2)23-24/h7-11,13H,3-6,12H2,1-2H3. The second-order valence-corrected chi connectivity index (χ2v) is 7.61. The summed E-state index contributed by atoms with van der Waals surface area (Å²) in [6.07, 6.45) is 6.38. The second-order valence-electron chi connectivity index (χ2n) is 6.62. The molecule has 2 aromatic heterocycles. The number of thioether (sulfide) groups is 1. The predicted molar refractivity (Wildman–Crippen MR) is 101 cm³/mol. The molecule has 0 spiro atoms. The smallest absolute Gasteiger partial charge is 0.158 e. The number of aryl methyl sites for hydroxylation is 2. The number of benzene rings is 1. The fraction of sp³-hybridized carbons (Fsp3) is 0.350. The topological polar surface area (TPSA) is 43.6 Å². The van der Waals surface area contributed by atoms with Gasteiger partial charge in [0, 0.05) is 17.5 Å². The van der Waals surface area contributed by atoms with Gasteiger partial charge in [-0.15, -0.1) is 11.8 Å². The van der Waals surface area contributed by atoms with Crippen molar-refractivity contribution in [1.82, 2.24) is 19.7 Å². The fourth-order valence-corrected chi connectivity index (χ4v) is 4.16. The lowest BCUT2D eigenvalue weighted by atomic mass is 9.96. The minimum Gasteiger partial charge on any atom is -0.230 e. The van der Waals surface area contributed by atoms with Gasteiger partial charge in [-0.05, 0) is 50.7 Å². The number of rotatable bonds is 4. The Bertz CT molecular complexity index is 883. The molecule has 5 heteroatoms. The van der Waals surface area contributed by atoms with Crippen molar-refractivity contribution in [2.75, 3.05) is 0 Å². The summed E-state index contributed by atoms with van der Waals surface area (Å²) in [4.78, 5) is 8.90. The van der Waals surface area contributed by atoms with Gasteiger partial charge in [-0.25, -0.2) is 14.6 Å². The lowest BCUT2D eigenvalue weighted by molar-refractivity contribution is 0.648. The van der Waals surface area contributed by atoms with Crippen LogP contribution in [0, 0.1) is 13.8 Å². The molecule has 0 N–H and O–H groups in total. The van der Waals surface area contributed by atoms with Crippen molar-refractivity contribution in [3.63, 3.8) is 0 Å². The minimum atomic E-state index is 0.882. The van der Waals surface area contributed by atoms with E-state index in [0.717, 1.165) is 35.1 Å². The molecular formula is C20H22N4S. The van der Waals surface area contributed by atoms with E-state index < -0.39 is 0 Å². The van der Waals surface area contributed by atoms with Gasteiger partial charge < -0.3 is 0 Å². The van der Waals surface area contributed by atoms with Crippen LogP contribution in [0.15, 0.2) is 41.7 Å². The van der Waals surface area contributed by atoms with Crippen LogP contribution in [0.1, 0.15) is 40.9 Å². The molecule has 0 aliphatic heterocycles. The van der Waals surface area contributed by atoms with Crippen molar-refractivity contribution < 1.29 is 0 Å². The summed E-state index contributed by atoms with van der Waals surface area (Å²) in [5, 5.41) is 5.74. The minimum absolute atomic E-state index is 0.882. The Morgan fingerprint density at radius 2 is 1.84 bits per heavy atom. The number of nitrogens with zero attached hydrogens (tertiary/aromatic N) is 4. The lowest BCUT2D eigenvalue weighted by Gasteiger charge is -2.13. The summed E-state index contributed by atoms with van der Waals surface area (Å²) in [5.41, 5.74) is 6.48. The molecule has 4 nitrogen and oxygen atoms in total. The first kappa shape index (κ1) is 16.3. The summed E-state index contributed by atoms with van der Waals surface area (Å²) in [6.45, 7) is 4.22. The van der Waals surface area contributed by atoms with Crippen molar-refractivity contribution in [3.8, 4) is 5.82 Å². The van der Waals surface area contributed by atoms with E-state index in [9.17, 15) is 0 Å². The van der Waals surface area contributed by atoms with Gasteiger partial charge in [0.25, 0.3) is 0 Å². The van der Waals surface area contributed by atoms with E-state index in [2.05, 4.69) is 54.1 Å². The van der Waals surface area contributed by atoms with E-state index >= 15 is 0 Å². The molecular weight excluding hydrogens is 328 g/mol. The van der Waals surface area contributed by atoms with E-state index in [1.807, 2.05) is 4.68 Å². The van der Waals surface area contributed by atoms with E-state index in [0.29, 0.717) is 0 Å². The molecule has 0 fully saturated rings. The van der Waals surface area contributed by atoms with E-state index in [1.54, 1.807) is 18.1 Å². The summed E-state index contributed by atoms with van der Waals surface area (Å²) in [7, 11) is 0. The molecule has 1 aromatic carbocycles. The van der Waals surface area contributed by atoms with Crippen molar-refractivity contribution in [2.45, 2.75) is 50.3 Å². The van der Waals surface area contributed by atoms with Gasteiger partial charge in [0.1, 0.15) is 11.4 Å². The fourth-order valence-electron chi connectivity index (χ4n) is 3.34. The normalized spacial score (nSPS) is 13.7. The monoisotopic (exact) mass is 350 g/mol. The summed E-state index contributed by atoms with van der Waals surface area (Å²) < 4.78 is 2.03. The van der Waals surface area contributed by atoms with Crippen LogP contribution >= 0.6 is 11.8 Å². The molecule has 0 amide bonds. The first-order valence-electron chi connectivity index (χ1n) is 8.79. The van der Waals surface area contributed by atoms with Crippen molar-refractivity contribution in [2.24, 2.45) is 0 Å². The molecule has 0 radical (unpaired) electrons. The Balaban J connectivity index is 1.56. The zero-order valence-corrected chi connectivity index (χ0v) is 15.5. The molecule has 128 valence electrons. The maximum absolute atomic E-state index is 4.75. The maximum atomic E-state index is 4.75. The number of hydrogen-bond acceptors (Lipinski definition) is 4. The van der Waals surface area contributed by atoms with Crippen molar-refractivity contribution >= 4 is 11.8 Å². The van der Waals surface area contributed by atoms with Crippen LogP contribution in [-0.4, -0.2) is 19.7 Å².